The zero-order valence-corrected chi connectivity index (χ0v) is 22.0. The molecule has 0 atom stereocenters. The van der Waals surface area contributed by atoms with Crippen LogP contribution in [0.3, 0.4) is 0 Å². The first-order valence-electron chi connectivity index (χ1n) is 12.9. The number of anilines is 3. The third-order valence-electron chi connectivity index (χ3n) is 6.76. The summed E-state index contributed by atoms with van der Waals surface area (Å²) in [4.78, 5) is 2.20. The molecule has 39 heavy (non-hydrogen) atoms. The van der Waals surface area contributed by atoms with Gasteiger partial charge < -0.3 is 10.0 Å². The standard InChI is InChI=1S/C36H26ClNO/c37-30-18-10-19-31(24-30)38(32-22-29(23-33(39)25-32)26-12-4-1-5-13-26)36-34(27-14-6-2-7-15-27)20-11-21-35(36)28-16-8-3-9-17-28/h1-25,39H. The number of hydrogen-bond donors (Lipinski definition) is 1. The zero-order valence-electron chi connectivity index (χ0n) is 21.2. The summed E-state index contributed by atoms with van der Waals surface area (Å²) in [5.74, 6) is 0.192. The average molecular weight is 524 g/mol. The number of benzene rings is 6. The Kier molecular flexibility index (Phi) is 6.86. The first-order chi connectivity index (χ1) is 19.2. The lowest BCUT2D eigenvalue weighted by Crippen LogP contribution is -2.13. The molecule has 188 valence electrons. The van der Waals surface area contributed by atoms with Gasteiger partial charge in [0.1, 0.15) is 5.75 Å². The molecule has 6 aromatic rings. The number of halogens is 1. The van der Waals surface area contributed by atoms with Crippen molar-refractivity contribution in [3.63, 3.8) is 0 Å². The van der Waals surface area contributed by atoms with E-state index < -0.39 is 0 Å². The average Bonchev–Trinajstić information content (AvgIpc) is 2.98. The summed E-state index contributed by atoms with van der Waals surface area (Å²) < 4.78 is 0. The Balaban J connectivity index is 1.69. The van der Waals surface area contributed by atoms with Gasteiger partial charge in [-0.05, 0) is 52.6 Å². The lowest BCUT2D eigenvalue weighted by Gasteiger charge is -2.31. The van der Waals surface area contributed by atoms with E-state index in [0.29, 0.717) is 5.02 Å². The Morgan fingerprint density at radius 1 is 0.436 bits per heavy atom. The van der Waals surface area contributed by atoms with Gasteiger partial charge >= 0.3 is 0 Å². The normalized spacial score (nSPS) is 10.8. The van der Waals surface area contributed by atoms with Gasteiger partial charge in [-0.2, -0.15) is 0 Å². The molecule has 0 saturated heterocycles. The van der Waals surface area contributed by atoms with Gasteiger partial charge in [-0.15, -0.1) is 0 Å². The molecule has 0 saturated carbocycles. The summed E-state index contributed by atoms with van der Waals surface area (Å²) in [5.41, 5.74) is 9.02. The quantitative estimate of drug-likeness (QED) is 0.234. The van der Waals surface area contributed by atoms with Gasteiger partial charge in [-0.25, -0.2) is 0 Å². The summed E-state index contributed by atoms with van der Waals surface area (Å²) in [7, 11) is 0. The van der Waals surface area contributed by atoms with Crippen molar-refractivity contribution in [3.8, 4) is 39.1 Å². The maximum Gasteiger partial charge on any atom is 0.118 e. The van der Waals surface area contributed by atoms with Crippen LogP contribution in [0.15, 0.2) is 152 Å². The molecule has 3 heteroatoms. The number of nitrogens with zero attached hydrogens (tertiary/aromatic N) is 1. The fourth-order valence-corrected chi connectivity index (χ4v) is 5.21. The molecule has 6 aromatic carbocycles. The number of rotatable bonds is 6. The number of phenols is 1. The third kappa shape index (κ3) is 5.16. The van der Waals surface area contributed by atoms with Crippen LogP contribution >= 0.6 is 11.6 Å². The van der Waals surface area contributed by atoms with Crippen LogP contribution in [0, 0.1) is 0 Å². The predicted octanol–water partition coefficient (Wildman–Crippen LogP) is 10.5. The Morgan fingerprint density at radius 3 is 1.54 bits per heavy atom. The van der Waals surface area contributed by atoms with Gasteiger partial charge in [0.15, 0.2) is 0 Å². The first-order valence-corrected chi connectivity index (χ1v) is 13.2. The van der Waals surface area contributed by atoms with Gasteiger partial charge in [0.05, 0.1) is 11.4 Å². The van der Waals surface area contributed by atoms with Crippen molar-refractivity contribution < 1.29 is 5.11 Å². The summed E-state index contributed by atoms with van der Waals surface area (Å²) >= 11 is 6.56. The van der Waals surface area contributed by atoms with E-state index in [4.69, 9.17) is 11.6 Å². The van der Waals surface area contributed by atoms with Crippen LogP contribution in [0.25, 0.3) is 33.4 Å². The van der Waals surface area contributed by atoms with Crippen molar-refractivity contribution in [2.75, 3.05) is 4.90 Å². The van der Waals surface area contributed by atoms with E-state index in [1.807, 2.05) is 54.6 Å². The second-order valence-corrected chi connectivity index (χ2v) is 9.79. The van der Waals surface area contributed by atoms with E-state index in [1.54, 1.807) is 6.07 Å². The first kappa shape index (κ1) is 24.5. The minimum absolute atomic E-state index is 0.192. The SMILES string of the molecule is Oc1cc(-c2ccccc2)cc(N(c2cccc(Cl)c2)c2c(-c3ccccc3)cccc2-c2ccccc2)c1. The van der Waals surface area contributed by atoms with E-state index in [9.17, 15) is 5.11 Å². The molecule has 0 aromatic heterocycles. The van der Waals surface area contributed by atoms with Gasteiger partial charge in [-0.3, -0.25) is 0 Å². The molecular formula is C36H26ClNO. The van der Waals surface area contributed by atoms with Crippen LogP contribution in [-0.4, -0.2) is 5.11 Å². The fourth-order valence-electron chi connectivity index (χ4n) is 5.03. The van der Waals surface area contributed by atoms with Crippen LogP contribution in [0.1, 0.15) is 0 Å². The van der Waals surface area contributed by atoms with E-state index in [0.717, 1.165) is 50.4 Å². The summed E-state index contributed by atoms with van der Waals surface area (Å²) in [6.45, 7) is 0. The van der Waals surface area contributed by atoms with Crippen LogP contribution in [0.5, 0.6) is 5.75 Å². The second kappa shape index (κ2) is 10.9. The molecule has 0 unspecified atom stereocenters. The second-order valence-electron chi connectivity index (χ2n) is 9.35. The molecule has 0 spiro atoms. The van der Waals surface area contributed by atoms with Crippen LogP contribution in [0.2, 0.25) is 5.02 Å². The molecule has 2 nitrogen and oxygen atoms in total. The van der Waals surface area contributed by atoms with Crippen molar-refractivity contribution in [1.82, 2.24) is 0 Å². The minimum Gasteiger partial charge on any atom is -0.508 e. The van der Waals surface area contributed by atoms with Gasteiger partial charge in [0.25, 0.3) is 0 Å². The van der Waals surface area contributed by atoms with Crippen molar-refractivity contribution in [2.45, 2.75) is 0 Å². The van der Waals surface area contributed by atoms with Crippen molar-refractivity contribution in [1.29, 1.82) is 0 Å². The number of hydrogen-bond acceptors (Lipinski definition) is 2. The molecule has 0 aliphatic rings. The number of phenolic OH excluding ortho intramolecular Hbond substituents is 1. The summed E-state index contributed by atoms with van der Waals surface area (Å²) in [6.07, 6.45) is 0. The van der Waals surface area contributed by atoms with Crippen LogP contribution < -0.4 is 4.90 Å². The molecule has 0 aliphatic heterocycles. The highest BCUT2D eigenvalue weighted by molar-refractivity contribution is 6.30. The van der Waals surface area contributed by atoms with Gasteiger partial charge in [0, 0.05) is 27.9 Å². The number of aromatic hydroxyl groups is 1. The smallest absolute Gasteiger partial charge is 0.118 e. The highest BCUT2D eigenvalue weighted by Crippen LogP contribution is 2.48. The summed E-state index contributed by atoms with van der Waals surface area (Å²) in [5, 5.41) is 11.6. The van der Waals surface area contributed by atoms with Crippen LogP contribution in [-0.2, 0) is 0 Å². The Bertz CT molecular complexity index is 1660. The molecule has 1 N–H and O–H groups in total. The van der Waals surface area contributed by atoms with E-state index in [-0.39, 0.29) is 5.75 Å². The van der Waals surface area contributed by atoms with Crippen molar-refractivity contribution in [3.05, 3.63) is 157 Å². The monoisotopic (exact) mass is 523 g/mol. The zero-order chi connectivity index (χ0) is 26.6. The molecule has 0 aliphatic carbocycles. The predicted molar refractivity (Wildman–Crippen MR) is 164 cm³/mol. The maximum atomic E-state index is 11.0. The molecular weight excluding hydrogens is 498 g/mol. The van der Waals surface area contributed by atoms with Crippen molar-refractivity contribution in [2.24, 2.45) is 0 Å². The number of para-hydroxylation sites is 1. The van der Waals surface area contributed by atoms with Gasteiger partial charge in [0.2, 0.25) is 0 Å². The minimum atomic E-state index is 0.192. The van der Waals surface area contributed by atoms with Crippen molar-refractivity contribution >= 4 is 28.7 Å². The lowest BCUT2D eigenvalue weighted by atomic mass is 9.94. The highest BCUT2D eigenvalue weighted by atomic mass is 35.5. The highest BCUT2D eigenvalue weighted by Gasteiger charge is 2.23. The van der Waals surface area contributed by atoms with E-state index in [2.05, 4.69) is 95.9 Å². The van der Waals surface area contributed by atoms with Crippen LogP contribution in [0.4, 0.5) is 17.1 Å². The molecule has 0 amide bonds. The maximum absolute atomic E-state index is 11.0. The van der Waals surface area contributed by atoms with E-state index >= 15 is 0 Å². The lowest BCUT2D eigenvalue weighted by molar-refractivity contribution is 0.476. The van der Waals surface area contributed by atoms with Gasteiger partial charge in [-0.1, -0.05) is 127 Å². The molecule has 0 heterocycles. The molecule has 0 radical (unpaired) electrons. The Hall–Kier alpha value is -4.79. The van der Waals surface area contributed by atoms with E-state index in [1.165, 1.54) is 0 Å². The third-order valence-corrected chi connectivity index (χ3v) is 7.00. The largest absolute Gasteiger partial charge is 0.508 e. The Labute approximate surface area is 234 Å². The summed E-state index contributed by atoms with van der Waals surface area (Å²) in [6, 6.07) is 50.9. The molecule has 0 bridgehead atoms. The molecule has 6 rings (SSSR count). The molecule has 0 fully saturated rings. The fraction of sp³-hybridized carbons (Fsp3) is 0. The Morgan fingerprint density at radius 2 is 0.974 bits per heavy atom. The topological polar surface area (TPSA) is 23.5 Å².